The second-order valence-electron chi connectivity index (χ2n) is 7.78. The van der Waals surface area contributed by atoms with Gasteiger partial charge < -0.3 is 15.4 Å². The molecule has 1 saturated carbocycles. The molecule has 0 radical (unpaired) electrons. The van der Waals surface area contributed by atoms with Crippen LogP contribution in [0.1, 0.15) is 61.2 Å². The molecule has 3 N–H and O–H groups in total. The first-order valence-corrected chi connectivity index (χ1v) is 12.2. The minimum absolute atomic E-state index is 0.0165. The van der Waals surface area contributed by atoms with E-state index in [0.717, 1.165) is 55.2 Å². The summed E-state index contributed by atoms with van der Waals surface area (Å²) in [6.07, 6.45) is 7.92. The number of aromatic amines is 1. The molecule has 2 aromatic rings. The van der Waals surface area contributed by atoms with Crippen LogP contribution in [-0.4, -0.2) is 38.9 Å². The quantitative estimate of drug-likeness (QED) is 0.624. The molecule has 0 spiro atoms. The number of nitrogens with one attached hydrogen (secondary N) is 2. The number of rotatable bonds is 6. The highest BCUT2D eigenvalue weighted by molar-refractivity contribution is 7.98. The Balaban J connectivity index is 1.27. The normalized spacial score (nSPS) is 22.2. The van der Waals surface area contributed by atoms with Crippen LogP contribution in [0, 0.1) is 0 Å². The van der Waals surface area contributed by atoms with Crippen molar-refractivity contribution < 1.29 is 9.90 Å². The lowest BCUT2D eigenvalue weighted by Crippen LogP contribution is -2.38. The molecule has 0 unspecified atom stereocenters. The molecule has 0 saturated heterocycles. The van der Waals surface area contributed by atoms with Crippen molar-refractivity contribution in [2.24, 2.45) is 0 Å². The molecule has 2 aliphatic rings. The molecule has 28 heavy (non-hydrogen) atoms. The third-order valence-corrected chi connectivity index (χ3v) is 7.80. The van der Waals surface area contributed by atoms with Gasteiger partial charge in [0.2, 0.25) is 5.91 Å². The summed E-state index contributed by atoms with van der Waals surface area (Å²) < 4.78 is 0. The first-order chi connectivity index (χ1) is 13.6. The summed E-state index contributed by atoms with van der Waals surface area (Å²) in [4.78, 5) is 34.4. The number of fused-ring (bicyclic) bond motifs is 3. The standard InChI is InChI=1S/C20H27N3O3S2/c24-13-7-5-12(6-8-13)21-17(25)9-10-27-11-16-22-19(26)18-14-3-1-2-4-15(14)28-20(18)23-16/h12-13,24H,1-11H2,(H,21,25)(H,22,23,26). The number of thiophene rings is 1. The molecule has 1 amide bonds. The van der Waals surface area contributed by atoms with Crippen LogP contribution in [0.25, 0.3) is 10.2 Å². The molecule has 0 aliphatic heterocycles. The molecule has 6 nitrogen and oxygen atoms in total. The number of aryl methyl sites for hydroxylation is 2. The van der Waals surface area contributed by atoms with Gasteiger partial charge in [-0.15, -0.1) is 11.3 Å². The van der Waals surface area contributed by atoms with Gasteiger partial charge in [0.05, 0.1) is 17.2 Å². The Hall–Kier alpha value is -1.38. The zero-order chi connectivity index (χ0) is 19.5. The van der Waals surface area contributed by atoms with Crippen molar-refractivity contribution in [3.63, 3.8) is 0 Å². The Morgan fingerprint density at radius 2 is 2.04 bits per heavy atom. The Kier molecular flexibility index (Phi) is 6.38. The fourth-order valence-corrected chi connectivity index (χ4v) is 6.22. The van der Waals surface area contributed by atoms with Crippen molar-refractivity contribution in [3.8, 4) is 0 Å². The molecular weight excluding hydrogens is 394 g/mol. The average molecular weight is 422 g/mol. The smallest absolute Gasteiger partial charge is 0.259 e. The molecule has 0 bridgehead atoms. The van der Waals surface area contributed by atoms with E-state index in [0.29, 0.717) is 23.8 Å². The summed E-state index contributed by atoms with van der Waals surface area (Å²) in [5, 5.41) is 13.4. The summed E-state index contributed by atoms with van der Waals surface area (Å²) in [7, 11) is 0. The van der Waals surface area contributed by atoms with Crippen molar-refractivity contribution >= 4 is 39.2 Å². The second kappa shape index (κ2) is 8.97. The lowest BCUT2D eigenvalue weighted by molar-refractivity contribution is -0.121. The van der Waals surface area contributed by atoms with Crippen LogP contribution in [-0.2, 0) is 23.4 Å². The molecule has 1 fully saturated rings. The number of hydrogen-bond acceptors (Lipinski definition) is 6. The topological polar surface area (TPSA) is 95.1 Å². The van der Waals surface area contributed by atoms with Crippen LogP contribution in [0.5, 0.6) is 0 Å². The Morgan fingerprint density at radius 1 is 1.25 bits per heavy atom. The lowest BCUT2D eigenvalue weighted by Gasteiger charge is -2.26. The molecule has 2 aromatic heterocycles. The molecule has 4 rings (SSSR count). The summed E-state index contributed by atoms with van der Waals surface area (Å²) in [6.45, 7) is 0. The van der Waals surface area contributed by atoms with E-state index < -0.39 is 0 Å². The van der Waals surface area contributed by atoms with Crippen LogP contribution < -0.4 is 10.9 Å². The number of carbonyl (C=O) groups excluding carboxylic acids is 1. The predicted molar refractivity (Wildman–Crippen MR) is 114 cm³/mol. The van der Waals surface area contributed by atoms with Crippen molar-refractivity contribution in [3.05, 3.63) is 26.6 Å². The highest BCUT2D eigenvalue weighted by Gasteiger charge is 2.21. The van der Waals surface area contributed by atoms with E-state index >= 15 is 0 Å². The van der Waals surface area contributed by atoms with E-state index in [9.17, 15) is 14.7 Å². The van der Waals surface area contributed by atoms with Crippen molar-refractivity contribution in [1.29, 1.82) is 0 Å². The van der Waals surface area contributed by atoms with Crippen LogP contribution in [0.4, 0.5) is 0 Å². The van der Waals surface area contributed by atoms with E-state index in [1.807, 2.05) is 0 Å². The summed E-state index contributed by atoms with van der Waals surface area (Å²) in [6, 6.07) is 0.200. The number of thioether (sulfide) groups is 1. The first kappa shape index (κ1) is 19.9. The molecule has 2 aliphatic carbocycles. The highest BCUT2D eigenvalue weighted by Crippen LogP contribution is 2.33. The van der Waals surface area contributed by atoms with E-state index in [1.54, 1.807) is 23.1 Å². The largest absolute Gasteiger partial charge is 0.393 e. The number of hydrogen-bond donors (Lipinski definition) is 3. The van der Waals surface area contributed by atoms with Crippen LogP contribution in [0.3, 0.4) is 0 Å². The molecule has 0 aromatic carbocycles. The van der Waals surface area contributed by atoms with Gasteiger partial charge in [0.15, 0.2) is 0 Å². The Labute approximate surface area is 172 Å². The summed E-state index contributed by atoms with van der Waals surface area (Å²) in [5.74, 6) is 2.07. The number of aromatic nitrogens is 2. The maximum atomic E-state index is 12.5. The monoisotopic (exact) mass is 421 g/mol. The van der Waals surface area contributed by atoms with Gasteiger partial charge in [0.1, 0.15) is 10.7 Å². The first-order valence-electron chi connectivity index (χ1n) is 10.2. The lowest BCUT2D eigenvalue weighted by atomic mass is 9.93. The molecular formula is C20H27N3O3S2. The summed E-state index contributed by atoms with van der Waals surface area (Å²) in [5.41, 5.74) is 1.20. The van der Waals surface area contributed by atoms with Crippen LogP contribution >= 0.6 is 23.1 Å². The third-order valence-electron chi connectivity index (χ3n) is 5.65. The highest BCUT2D eigenvalue weighted by atomic mass is 32.2. The zero-order valence-corrected chi connectivity index (χ0v) is 17.6. The van der Waals surface area contributed by atoms with Crippen LogP contribution in [0.2, 0.25) is 0 Å². The van der Waals surface area contributed by atoms with Gasteiger partial charge in [-0.2, -0.15) is 11.8 Å². The van der Waals surface area contributed by atoms with Crippen molar-refractivity contribution in [2.75, 3.05) is 5.75 Å². The van der Waals surface area contributed by atoms with Gasteiger partial charge in [-0.1, -0.05) is 0 Å². The maximum Gasteiger partial charge on any atom is 0.259 e. The fourth-order valence-electron chi connectivity index (χ4n) is 4.13. The van der Waals surface area contributed by atoms with Gasteiger partial charge in [-0.3, -0.25) is 9.59 Å². The van der Waals surface area contributed by atoms with Gasteiger partial charge >= 0.3 is 0 Å². The number of H-pyrrole nitrogens is 1. The predicted octanol–water partition coefficient (Wildman–Crippen LogP) is 2.91. The van der Waals surface area contributed by atoms with Gasteiger partial charge in [-0.25, -0.2) is 4.98 Å². The minimum atomic E-state index is -0.204. The van der Waals surface area contributed by atoms with Crippen molar-refractivity contribution in [2.45, 2.75) is 75.7 Å². The van der Waals surface area contributed by atoms with Gasteiger partial charge in [0, 0.05) is 23.1 Å². The number of aliphatic hydroxyl groups is 1. The number of amides is 1. The number of nitrogens with zero attached hydrogens (tertiary/aromatic N) is 1. The molecule has 152 valence electrons. The second-order valence-corrected chi connectivity index (χ2v) is 9.97. The Bertz CT molecular complexity index is 900. The SMILES string of the molecule is O=C(CCSCc1nc2sc3c(c2c(=O)[nH]1)CCCC3)NC1CCC(O)CC1. The van der Waals surface area contributed by atoms with E-state index in [-0.39, 0.29) is 23.6 Å². The van der Waals surface area contributed by atoms with E-state index in [1.165, 1.54) is 16.9 Å². The van der Waals surface area contributed by atoms with E-state index in [4.69, 9.17) is 0 Å². The molecule has 8 heteroatoms. The van der Waals surface area contributed by atoms with Crippen molar-refractivity contribution in [1.82, 2.24) is 15.3 Å². The van der Waals surface area contributed by atoms with Gasteiger partial charge in [-0.05, 0) is 56.9 Å². The average Bonchev–Trinajstić information content (AvgIpc) is 3.06. The zero-order valence-electron chi connectivity index (χ0n) is 16.0. The number of aliphatic hydroxyl groups excluding tert-OH is 1. The minimum Gasteiger partial charge on any atom is -0.393 e. The van der Waals surface area contributed by atoms with E-state index in [2.05, 4.69) is 15.3 Å². The fraction of sp³-hybridized carbons (Fsp3) is 0.650. The Morgan fingerprint density at radius 3 is 2.86 bits per heavy atom. The maximum absolute atomic E-state index is 12.5. The number of carbonyl (C=O) groups is 1. The van der Waals surface area contributed by atoms with Gasteiger partial charge in [0.25, 0.3) is 5.56 Å². The van der Waals surface area contributed by atoms with Crippen LogP contribution in [0.15, 0.2) is 4.79 Å². The summed E-state index contributed by atoms with van der Waals surface area (Å²) >= 11 is 3.29. The molecule has 2 heterocycles. The molecule has 0 atom stereocenters. The third kappa shape index (κ3) is 4.60.